The highest BCUT2D eigenvalue weighted by atomic mass is 16.5. The first-order valence-corrected chi connectivity index (χ1v) is 14.9. The molecule has 5 rings (SSSR count). The molecule has 9 nitrogen and oxygen atoms in total. The van der Waals surface area contributed by atoms with Crippen LogP contribution in [0, 0.1) is 17.2 Å². The Labute approximate surface area is 243 Å². The first-order valence-electron chi connectivity index (χ1n) is 14.9. The molecule has 9 heteroatoms. The van der Waals surface area contributed by atoms with Gasteiger partial charge in [0.25, 0.3) is 0 Å². The average molecular weight is 559 g/mol. The van der Waals surface area contributed by atoms with Gasteiger partial charge in [-0.2, -0.15) is 15.2 Å². The molecule has 2 saturated heterocycles. The summed E-state index contributed by atoms with van der Waals surface area (Å²) in [7, 11) is 2.14. The number of carbonyl (C=O) groups is 1. The van der Waals surface area contributed by atoms with E-state index in [9.17, 15) is 10.1 Å². The Morgan fingerprint density at radius 1 is 1.24 bits per heavy atom. The third-order valence-electron chi connectivity index (χ3n) is 8.87. The summed E-state index contributed by atoms with van der Waals surface area (Å²) in [6.45, 7) is 11.3. The predicted molar refractivity (Wildman–Crippen MR) is 158 cm³/mol. The number of rotatable bonds is 9. The molecule has 0 radical (unpaired) electrons. The van der Waals surface area contributed by atoms with E-state index in [0.717, 1.165) is 48.6 Å². The van der Waals surface area contributed by atoms with Crippen molar-refractivity contribution in [1.82, 2.24) is 19.8 Å². The van der Waals surface area contributed by atoms with E-state index in [1.165, 1.54) is 18.1 Å². The fraction of sp³-hybridized carbons (Fsp3) is 0.562. The van der Waals surface area contributed by atoms with Crippen LogP contribution in [0.2, 0.25) is 0 Å². The molecule has 1 aromatic heterocycles. The van der Waals surface area contributed by atoms with Gasteiger partial charge in [0.1, 0.15) is 24.3 Å². The number of hydrogen-bond acceptors (Lipinski definition) is 8. The molecule has 41 heavy (non-hydrogen) atoms. The van der Waals surface area contributed by atoms with Gasteiger partial charge in [-0.25, -0.2) is 0 Å². The van der Waals surface area contributed by atoms with Crippen molar-refractivity contribution >= 4 is 11.7 Å². The summed E-state index contributed by atoms with van der Waals surface area (Å²) in [5.41, 5.74) is 3.27. The van der Waals surface area contributed by atoms with Crippen LogP contribution in [-0.4, -0.2) is 83.7 Å². The largest absolute Gasteiger partial charge is 0.489 e. The van der Waals surface area contributed by atoms with Crippen molar-refractivity contribution in [3.8, 4) is 17.8 Å². The van der Waals surface area contributed by atoms with E-state index in [4.69, 9.17) is 19.4 Å². The number of fused-ring (bicyclic) bond motifs is 1. The van der Waals surface area contributed by atoms with Gasteiger partial charge in [-0.15, -0.1) is 0 Å². The molecule has 0 spiro atoms. The molecule has 4 atom stereocenters. The zero-order valence-electron chi connectivity index (χ0n) is 24.6. The van der Waals surface area contributed by atoms with Crippen LogP contribution in [-0.2, 0) is 24.1 Å². The van der Waals surface area contributed by atoms with Crippen molar-refractivity contribution < 1.29 is 14.3 Å². The Balaban J connectivity index is 1.46. The van der Waals surface area contributed by atoms with Crippen LogP contribution < -0.4 is 14.4 Å². The summed E-state index contributed by atoms with van der Waals surface area (Å²) in [4.78, 5) is 28.8. The molecular weight excluding hydrogens is 516 g/mol. The summed E-state index contributed by atoms with van der Waals surface area (Å²) in [5, 5.41) is 9.51. The van der Waals surface area contributed by atoms with Crippen LogP contribution in [0.3, 0.4) is 0 Å². The predicted octanol–water partition coefficient (Wildman–Crippen LogP) is 3.81. The Morgan fingerprint density at radius 2 is 2.07 bits per heavy atom. The quantitative estimate of drug-likeness (QED) is 0.429. The lowest BCUT2D eigenvalue weighted by Gasteiger charge is -2.41. The standard InChI is InChI=1S/C32H42N6O3/c1-5-26-27(19-29-22(3)18-23-10-7-8-12-28(23)41-29)34-32(40-21-25-11-9-15-36(25)4)35-31(26)37-16-17-38(30(39)6-2)24(20-37)13-14-33/h6-8,10,12,22,24-25,29H,2,5,9,11,13,15-21H2,1,3-4H3/t22?,24?,25?,29-/m1/s1. The number of hydrogen-bond donors (Lipinski definition) is 0. The second kappa shape index (κ2) is 12.9. The van der Waals surface area contributed by atoms with Crippen molar-refractivity contribution in [2.24, 2.45) is 5.92 Å². The first kappa shape index (κ1) is 28.9. The summed E-state index contributed by atoms with van der Waals surface area (Å²) in [6, 6.07) is 11.0. The van der Waals surface area contributed by atoms with E-state index >= 15 is 0 Å². The van der Waals surface area contributed by atoms with E-state index in [0.29, 0.717) is 50.6 Å². The van der Waals surface area contributed by atoms with Gasteiger partial charge in [-0.1, -0.05) is 38.6 Å². The molecule has 0 aliphatic carbocycles. The molecule has 2 aromatic rings. The Kier molecular flexibility index (Phi) is 9.09. The minimum absolute atomic E-state index is 0.0137. The van der Waals surface area contributed by atoms with Crippen molar-refractivity contribution in [1.29, 1.82) is 5.26 Å². The second-order valence-corrected chi connectivity index (χ2v) is 11.5. The first-order chi connectivity index (χ1) is 19.9. The summed E-state index contributed by atoms with van der Waals surface area (Å²) in [5.74, 6) is 1.98. The van der Waals surface area contributed by atoms with Crippen LogP contribution in [0.4, 0.5) is 5.82 Å². The molecule has 2 fully saturated rings. The van der Waals surface area contributed by atoms with E-state index in [1.54, 1.807) is 4.90 Å². The number of nitrogens with zero attached hydrogens (tertiary/aromatic N) is 6. The molecule has 1 aromatic carbocycles. The molecule has 0 bridgehead atoms. The Hall–Kier alpha value is -3.64. The number of likely N-dealkylation sites (tertiary alicyclic amines) is 1. The Bertz CT molecular complexity index is 1290. The van der Waals surface area contributed by atoms with E-state index < -0.39 is 0 Å². The number of amides is 1. The number of anilines is 1. The lowest BCUT2D eigenvalue weighted by atomic mass is 9.89. The van der Waals surface area contributed by atoms with Crippen LogP contribution in [0.1, 0.15) is 49.9 Å². The molecular formula is C32H42N6O3. The van der Waals surface area contributed by atoms with Gasteiger partial charge in [-0.05, 0) is 62.9 Å². The van der Waals surface area contributed by atoms with E-state index in [2.05, 4.69) is 55.5 Å². The number of aromatic nitrogens is 2. The van der Waals surface area contributed by atoms with Gasteiger partial charge < -0.3 is 24.2 Å². The zero-order valence-corrected chi connectivity index (χ0v) is 24.6. The minimum Gasteiger partial charge on any atom is -0.489 e. The number of benzene rings is 1. The molecule has 3 unspecified atom stereocenters. The maximum atomic E-state index is 12.5. The number of ether oxygens (including phenoxy) is 2. The van der Waals surface area contributed by atoms with E-state index in [1.807, 2.05) is 12.1 Å². The van der Waals surface area contributed by atoms with Crippen molar-refractivity contribution in [2.45, 2.75) is 70.6 Å². The zero-order chi connectivity index (χ0) is 28.9. The Morgan fingerprint density at radius 3 is 2.80 bits per heavy atom. The number of para-hydroxylation sites is 1. The molecule has 0 N–H and O–H groups in total. The normalized spacial score (nSPS) is 24.3. The highest BCUT2D eigenvalue weighted by Gasteiger charge is 2.34. The van der Waals surface area contributed by atoms with Gasteiger partial charge in [0.15, 0.2) is 0 Å². The maximum Gasteiger partial charge on any atom is 0.318 e. The third kappa shape index (κ3) is 6.33. The lowest BCUT2D eigenvalue weighted by Crippen LogP contribution is -2.55. The summed E-state index contributed by atoms with van der Waals surface area (Å²) in [6.07, 6.45) is 6.21. The maximum absolute atomic E-state index is 12.5. The lowest BCUT2D eigenvalue weighted by molar-refractivity contribution is -0.128. The molecule has 218 valence electrons. The molecule has 3 aliphatic rings. The minimum atomic E-state index is -0.239. The van der Waals surface area contributed by atoms with Crippen LogP contribution in [0.15, 0.2) is 36.9 Å². The van der Waals surface area contributed by atoms with Crippen molar-refractivity contribution in [3.05, 3.63) is 53.7 Å². The van der Waals surface area contributed by atoms with Gasteiger partial charge in [0.05, 0.1) is 24.2 Å². The SMILES string of the molecule is C=CC(=O)N1CCN(c2nc(OCC3CCCN3C)nc(C[C@H]3Oc4ccccc4CC3C)c2CC)CC1CC#N. The average Bonchev–Trinajstić information content (AvgIpc) is 3.40. The van der Waals surface area contributed by atoms with Crippen molar-refractivity contribution in [3.63, 3.8) is 0 Å². The smallest absolute Gasteiger partial charge is 0.318 e. The van der Waals surface area contributed by atoms with Gasteiger partial charge in [0, 0.05) is 37.7 Å². The van der Waals surface area contributed by atoms with Crippen LogP contribution in [0.5, 0.6) is 11.8 Å². The van der Waals surface area contributed by atoms with E-state index in [-0.39, 0.29) is 24.5 Å². The monoisotopic (exact) mass is 558 g/mol. The molecule has 4 heterocycles. The van der Waals surface area contributed by atoms with Gasteiger partial charge >= 0.3 is 6.01 Å². The van der Waals surface area contributed by atoms with Crippen LogP contribution in [0.25, 0.3) is 0 Å². The van der Waals surface area contributed by atoms with Gasteiger partial charge in [-0.3, -0.25) is 4.79 Å². The topological polar surface area (TPSA) is 94.8 Å². The number of nitriles is 1. The second-order valence-electron chi connectivity index (χ2n) is 11.5. The number of carbonyl (C=O) groups excluding carboxylic acids is 1. The highest BCUT2D eigenvalue weighted by molar-refractivity contribution is 5.87. The summed E-state index contributed by atoms with van der Waals surface area (Å²) < 4.78 is 12.8. The number of likely N-dealkylation sites (N-methyl/N-ethyl adjacent to an activating group) is 1. The van der Waals surface area contributed by atoms with Gasteiger partial charge in [0.2, 0.25) is 5.91 Å². The summed E-state index contributed by atoms with van der Waals surface area (Å²) >= 11 is 0. The highest BCUT2D eigenvalue weighted by Crippen LogP contribution is 2.34. The number of piperazine rings is 1. The molecule has 0 saturated carbocycles. The van der Waals surface area contributed by atoms with Crippen molar-refractivity contribution in [2.75, 3.05) is 44.7 Å². The molecule has 3 aliphatic heterocycles. The third-order valence-corrected chi connectivity index (χ3v) is 8.87. The fourth-order valence-corrected chi connectivity index (χ4v) is 6.43. The molecule has 1 amide bonds. The van der Waals surface area contributed by atoms with Crippen LogP contribution >= 0.6 is 0 Å². The fourth-order valence-electron chi connectivity index (χ4n) is 6.43.